The van der Waals surface area contributed by atoms with Gasteiger partial charge in [0.25, 0.3) is 5.56 Å². The number of aromatic nitrogens is 1. The van der Waals surface area contributed by atoms with Crippen molar-refractivity contribution in [1.29, 1.82) is 0 Å². The number of nitrogens with one attached hydrogen (secondary N) is 2. The van der Waals surface area contributed by atoms with Gasteiger partial charge >= 0.3 is 0 Å². The lowest BCUT2D eigenvalue weighted by atomic mass is 9.88. The Morgan fingerprint density at radius 2 is 1.81 bits per heavy atom. The van der Waals surface area contributed by atoms with Crippen molar-refractivity contribution in [2.24, 2.45) is 13.0 Å². The molecule has 2 heterocycles. The van der Waals surface area contributed by atoms with Gasteiger partial charge in [0.15, 0.2) is 0 Å². The molecule has 0 aliphatic carbocycles. The third-order valence-electron chi connectivity index (χ3n) is 5.16. The van der Waals surface area contributed by atoms with Crippen LogP contribution in [0.2, 0.25) is 0 Å². The van der Waals surface area contributed by atoms with Crippen LogP contribution in [-0.2, 0) is 11.8 Å². The molecule has 3 aromatic rings. The lowest BCUT2D eigenvalue weighted by molar-refractivity contribution is -0.119. The summed E-state index contributed by atoms with van der Waals surface area (Å²) in [4.78, 5) is 25.3. The van der Waals surface area contributed by atoms with Crippen LogP contribution in [0.3, 0.4) is 0 Å². The normalized spacial score (nSPS) is 18.9. The van der Waals surface area contributed by atoms with Crippen molar-refractivity contribution in [2.75, 3.05) is 18.4 Å². The largest absolute Gasteiger partial charge is 0.325 e. The Morgan fingerprint density at radius 3 is 2.59 bits per heavy atom. The second kappa shape index (κ2) is 7.94. The van der Waals surface area contributed by atoms with Gasteiger partial charge < -0.3 is 15.2 Å². The molecule has 1 aromatic heterocycles. The van der Waals surface area contributed by atoms with Crippen LogP contribution in [0.1, 0.15) is 11.5 Å². The molecule has 6 heteroatoms. The number of carbonyl (C=O) groups excluding carboxylic acids is 1. The van der Waals surface area contributed by atoms with Crippen molar-refractivity contribution >= 4 is 34.8 Å². The molecular formula is C21H22ClN3O2. The highest BCUT2D eigenvalue weighted by Gasteiger charge is 2.34. The second-order valence-corrected chi connectivity index (χ2v) is 6.77. The number of halogens is 1. The van der Waals surface area contributed by atoms with Crippen LogP contribution in [0.15, 0.2) is 65.6 Å². The monoisotopic (exact) mass is 383 g/mol. The van der Waals surface area contributed by atoms with Crippen molar-refractivity contribution in [3.63, 3.8) is 0 Å². The van der Waals surface area contributed by atoms with E-state index in [1.807, 2.05) is 30.3 Å². The Hall–Kier alpha value is -2.63. The van der Waals surface area contributed by atoms with Gasteiger partial charge in [-0.15, -0.1) is 12.4 Å². The van der Waals surface area contributed by atoms with Crippen LogP contribution in [0.5, 0.6) is 0 Å². The van der Waals surface area contributed by atoms with E-state index in [9.17, 15) is 9.59 Å². The lowest BCUT2D eigenvalue weighted by Crippen LogP contribution is -2.28. The Bertz CT molecular complexity index is 1020. The molecule has 0 unspecified atom stereocenters. The fourth-order valence-electron chi connectivity index (χ4n) is 3.71. The zero-order valence-electron chi connectivity index (χ0n) is 15.0. The summed E-state index contributed by atoms with van der Waals surface area (Å²) >= 11 is 0. The SMILES string of the molecule is Cl.Cn1ccc2c(NC(=O)[C@H]3CNC[C@@H]3c3ccccc3)cccc2c1=O. The predicted octanol–water partition coefficient (Wildman–Crippen LogP) is 2.90. The minimum Gasteiger partial charge on any atom is -0.325 e. The number of nitrogens with zero attached hydrogens (tertiary/aromatic N) is 1. The maximum absolute atomic E-state index is 13.0. The smallest absolute Gasteiger partial charge is 0.258 e. The first kappa shape index (κ1) is 19.1. The molecule has 1 aliphatic heterocycles. The number of amides is 1. The first-order valence-corrected chi connectivity index (χ1v) is 8.80. The molecule has 5 nitrogen and oxygen atoms in total. The number of benzene rings is 2. The molecule has 1 saturated heterocycles. The molecule has 2 atom stereocenters. The van der Waals surface area contributed by atoms with Gasteiger partial charge in [-0.3, -0.25) is 9.59 Å². The minimum absolute atomic E-state index is 0. The summed E-state index contributed by atoms with van der Waals surface area (Å²) in [5.41, 5.74) is 1.79. The van der Waals surface area contributed by atoms with Gasteiger partial charge in [0, 0.05) is 48.7 Å². The number of pyridine rings is 1. The molecule has 140 valence electrons. The van der Waals surface area contributed by atoms with E-state index in [2.05, 4.69) is 22.8 Å². The fraction of sp³-hybridized carbons (Fsp3) is 0.238. The Balaban J connectivity index is 0.00000210. The first-order chi connectivity index (χ1) is 12.6. The second-order valence-electron chi connectivity index (χ2n) is 6.77. The van der Waals surface area contributed by atoms with Gasteiger partial charge in [-0.05, 0) is 23.8 Å². The molecule has 2 N–H and O–H groups in total. The maximum Gasteiger partial charge on any atom is 0.258 e. The summed E-state index contributed by atoms with van der Waals surface area (Å²) in [7, 11) is 1.72. The van der Waals surface area contributed by atoms with Crippen LogP contribution < -0.4 is 16.2 Å². The Morgan fingerprint density at radius 1 is 1.04 bits per heavy atom. The summed E-state index contributed by atoms with van der Waals surface area (Å²) in [5.74, 6) is -0.00437. The van der Waals surface area contributed by atoms with E-state index in [-0.39, 0.29) is 35.7 Å². The highest BCUT2D eigenvalue weighted by Crippen LogP contribution is 2.30. The van der Waals surface area contributed by atoms with Gasteiger partial charge in [-0.25, -0.2) is 0 Å². The molecule has 1 fully saturated rings. The number of fused-ring (bicyclic) bond motifs is 1. The quantitative estimate of drug-likeness (QED) is 0.731. The van der Waals surface area contributed by atoms with E-state index in [0.29, 0.717) is 17.6 Å². The molecule has 0 radical (unpaired) electrons. The number of hydrogen-bond donors (Lipinski definition) is 2. The van der Waals surface area contributed by atoms with Crippen molar-refractivity contribution in [2.45, 2.75) is 5.92 Å². The molecule has 27 heavy (non-hydrogen) atoms. The molecule has 2 aromatic carbocycles. The standard InChI is InChI=1S/C21H21N3O2.ClH/c1-24-11-10-15-16(21(24)26)8-5-9-19(15)23-20(25)18-13-22-12-17(18)14-6-3-2-4-7-14;/h2-11,17-18,22H,12-13H2,1H3,(H,23,25);1H/t17-,18+;/m1./s1. The number of hydrogen-bond acceptors (Lipinski definition) is 3. The summed E-state index contributed by atoms with van der Waals surface area (Å²) in [5, 5.41) is 7.75. The molecular weight excluding hydrogens is 362 g/mol. The number of carbonyl (C=O) groups is 1. The van der Waals surface area contributed by atoms with Gasteiger partial charge in [-0.1, -0.05) is 36.4 Å². The van der Waals surface area contributed by atoms with Crippen molar-refractivity contribution in [1.82, 2.24) is 9.88 Å². The molecule has 0 saturated carbocycles. The topological polar surface area (TPSA) is 63.1 Å². The van der Waals surface area contributed by atoms with Gasteiger partial charge in [-0.2, -0.15) is 0 Å². The highest BCUT2D eigenvalue weighted by atomic mass is 35.5. The van der Waals surface area contributed by atoms with E-state index in [4.69, 9.17) is 0 Å². The summed E-state index contributed by atoms with van der Waals surface area (Å²) < 4.78 is 1.54. The summed E-state index contributed by atoms with van der Waals surface area (Å²) in [6, 6.07) is 17.4. The first-order valence-electron chi connectivity index (χ1n) is 8.80. The van der Waals surface area contributed by atoms with Crippen LogP contribution in [0, 0.1) is 5.92 Å². The Kier molecular flexibility index (Phi) is 5.63. The minimum atomic E-state index is -0.140. The van der Waals surface area contributed by atoms with E-state index in [0.717, 1.165) is 11.9 Å². The lowest BCUT2D eigenvalue weighted by Gasteiger charge is -2.19. The molecule has 1 amide bonds. The number of aryl methyl sites for hydroxylation is 1. The molecule has 1 aliphatic rings. The van der Waals surface area contributed by atoms with Gasteiger partial charge in [0.05, 0.1) is 5.92 Å². The van der Waals surface area contributed by atoms with Crippen molar-refractivity contribution < 1.29 is 4.79 Å². The van der Waals surface area contributed by atoms with E-state index < -0.39 is 0 Å². The van der Waals surface area contributed by atoms with Gasteiger partial charge in [0.2, 0.25) is 5.91 Å². The Labute approximate surface area is 163 Å². The van der Waals surface area contributed by atoms with Crippen LogP contribution >= 0.6 is 12.4 Å². The van der Waals surface area contributed by atoms with Crippen molar-refractivity contribution in [3.8, 4) is 0 Å². The number of rotatable bonds is 3. The number of anilines is 1. The zero-order chi connectivity index (χ0) is 18.1. The van der Waals surface area contributed by atoms with E-state index in [1.165, 1.54) is 5.56 Å². The highest BCUT2D eigenvalue weighted by molar-refractivity contribution is 6.03. The molecule has 4 rings (SSSR count). The maximum atomic E-state index is 13.0. The average Bonchev–Trinajstić information content (AvgIpc) is 3.16. The zero-order valence-corrected chi connectivity index (χ0v) is 15.8. The van der Waals surface area contributed by atoms with Crippen LogP contribution in [-0.4, -0.2) is 23.6 Å². The average molecular weight is 384 g/mol. The van der Waals surface area contributed by atoms with E-state index in [1.54, 1.807) is 29.9 Å². The summed E-state index contributed by atoms with van der Waals surface area (Å²) in [6.45, 7) is 1.44. The van der Waals surface area contributed by atoms with Gasteiger partial charge in [0.1, 0.15) is 0 Å². The third-order valence-corrected chi connectivity index (χ3v) is 5.16. The summed E-state index contributed by atoms with van der Waals surface area (Å²) in [6.07, 6.45) is 1.73. The molecule has 0 bridgehead atoms. The predicted molar refractivity (Wildman–Crippen MR) is 111 cm³/mol. The van der Waals surface area contributed by atoms with Crippen molar-refractivity contribution in [3.05, 3.63) is 76.7 Å². The fourth-order valence-corrected chi connectivity index (χ4v) is 3.71. The third kappa shape index (κ3) is 3.61. The van der Waals surface area contributed by atoms with Crippen LogP contribution in [0.4, 0.5) is 5.69 Å². The molecule has 0 spiro atoms. The van der Waals surface area contributed by atoms with Crippen LogP contribution in [0.25, 0.3) is 10.8 Å². The van der Waals surface area contributed by atoms with E-state index >= 15 is 0 Å².